The first-order chi connectivity index (χ1) is 7.83. The Kier molecular flexibility index (Phi) is 2.54. The number of halogens is 1. The van der Waals surface area contributed by atoms with Gasteiger partial charge in [-0.2, -0.15) is 0 Å². The van der Waals surface area contributed by atoms with Gasteiger partial charge in [-0.1, -0.05) is 47.6 Å². The van der Waals surface area contributed by atoms with Gasteiger partial charge in [-0.15, -0.1) is 0 Å². The standard InChI is InChI=1S/C13H9ClOS/c14-10-7-5-9(6-8-10)13-15-11-3-1-2-4-12(11)16-13/h1-8,13H. The van der Waals surface area contributed by atoms with E-state index in [2.05, 4.69) is 6.07 Å². The first-order valence-corrected chi connectivity index (χ1v) is 6.26. The predicted molar refractivity (Wildman–Crippen MR) is 67.1 cm³/mol. The van der Waals surface area contributed by atoms with E-state index in [9.17, 15) is 0 Å². The van der Waals surface area contributed by atoms with Gasteiger partial charge in [-0.25, -0.2) is 0 Å². The van der Waals surface area contributed by atoms with Crippen molar-refractivity contribution in [1.82, 2.24) is 0 Å². The Hall–Kier alpha value is -1.12. The van der Waals surface area contributed by atoms with Crippen molar-refractivity contribution in [2.45, 2.75) is 10.3 Å². The molecule has 1 aliphatic heterocycles. The van der Waals surface area contributed by atoms with Crippen molar-refractivity contribution in [2.75, 3.05) is 0 Å². The van der Waals surface area contributed by atoms with E-state index in [1.165, 1.54) is 4.90 Å². The predicted octanol–water partition coefficient (Wildman–Crippen LogP) is 4.52. The van der Waals surface area contributed by atoms with Gasteiger partial charge in [0.25, 0.3) is 0 Å². The van der Waals surface area contributed by atoms with Gasteiger partial charge in [0.1, 0.15) is 5.75 Å². The zero-order valence-corrected chi connectivity index (χ0v) is 9.96. The van der Waals surface area contributed by atoms with Gasteiger partial charge in [0.15, 0.2) is 5.44 Å². The number of ether oxygens (including phenoxy) is 1. The highest BCUT2D eigenvalue weighted by molar-refractivity contribution is 7.99. The summed E-state index contributed by atoms with van der Waals surface area (Å²) in [5, 5.41) is 0.754. The second-order valence-corrected chi connectivity index (χ2v) is 5.11. The highest BCUT2D eigenvalue weighted by atomic mass is 35.5. The van der Waals surface area contributed by atoms with Gasteiger partial charge >= 0.3 is 0 Å². The van der Waals surface area contributed by atoms with Crippen LogP contribution in [0.3, 0.4) is 0 Å². The molecule has 3 heteroatoms. The molecule has 0 aliphatic carbocycles. The molecule has 1 atom stereocenters. The number of hydrogen-bond acceptors (Lipinski definition) is 2. The van der Waals surface area contributed by atoms with Crippen LogP contribution in [0.4, 0.5) is 0 Å². The second kappa shape index (κ2) is 4.04. The number of hydrogen-bond donors (Lipinski definition) is 0. The van der Waals surface area contributed by atoms with Gasteiger partial charge in [0.2, 0.25) is 0 Å². The molecule has 1 aliphatic rings. The average Bonchev–Trinajstić information content (AvgIpc) is 2.73. The molecular weight excluding hydrogens is 240 g/mol. The quantitative estimate of drug-likeness (QED) is 0.734. The SMILES string of the molecule is Clc1ccc(C2Oc3ccccc3S2)cc1. The number of rotatable bonds is 1. The van der Waals surface area contributed by atoms with Crippen LogP contribution >= 0.6 is 23.4 Å². The van der Waals surface area contributed by atoms with E-state index in [0.29, 0.717) is 0 Å². The third-order valence-corrected chi connectivity index (χ3v) is 3.88. The second-order valence-electron chi connectivity index (χ2n) is 3.57. The molecule has 0 spiro atoms. The lowest BCUT2D eigenvalue weighted by Crippen LogP contribution is -1.96. The van der Waals surface area contributed by atoms with Gasteiger partial charge in [0.05, 0.1) is 4.90 Å². The number of fused-ring (bicyclic) bond motifs is 1. The van der Waals surface area contributed by atoms with Crippen molar-refractivity contribution in [3.63, 3.8) is 0 Å². The molecular formula is C13H9ClOS. The Bertz CT molecular complexity index is 485. The molecule has 0 N–H and O–H groups in total. The van der Waals surface area contributed by atoms with Crippen molar-refractivity contribution >= 4 is 23.4 Å². The number of para-hydroxylation sites is 1. The summed E-state index contributed by atoms with van der Waals surface area (Å²) in [7, 11) is 0. The zero-order chi connectivity index (χ0) is 11.0. The monoisotopic (exact) mass is 248 g/mol. The topological polar surface area (TPSA) is 9.23 Å². The average molecular weight is 249 g/mol. The third kappa shape index (κ3) is 1.79. The van der Waals surface area contributed by atoms with Crippen molar-refractivity contribution in [3.8, 4) is 5.75 Å². The summed E-state index contributed by atoms with van der Waals surface area (Å²) in [4.78, 5) is 1.20. The lowest BCUT2D eigenvalue weighted by atomic mass is 10.2. The summed E-state index contributed by atoms with van der Waals surface area (Å²) in [6.07, 6.45) is 0. The fraction of sp³-hybridized carbons (Fsp3) is 0.0769. The summed E-state index contributed by atoms with van der Waals surface area (Å²) >= 11 is 7.59. The maximum Gasteiger partial charge on any atom is 0.174 e. The third-order valence-electron chi connectivity index (χ3n) is 2.46. The summed E-state index contributed by atoms with van der Waals surface area (Å²) < 4.78 is 5.85. The van der Waals surface area contributed by atoms with Crippen LogP contribution in [0.5, 0.6) is 5.75 Å². The molecule has 2 aromatic rings. The number of benzene rings is 2. The first kappa shape index (κ1) is 10.1. The molecule has 0 bridgehead atoms. The lowest BCUT2D eigenvalue weighted by molar-refractivity contribution is 0.302. The molecule has 0 aromatic heterocycles. The van der Waals surface area contributed by atoms with Crippen molar-refractivity contribution < 1.29 is 4.74 Å². The van der Waals surface area contributed by atoms with Crippen LogP contribution in [0, 0.1) is 0 Å². The van der Waals surface area contributed by atoms with Gasteiger partial charge < -0.3 is 4.74 Å². The molecule has 0 saturated carbocycles. The van der Waals surface area contributed by atoms with Crippen LogP contribution in [-0.2, 0) is 0 Å². The van der Waals surface area contributed by atoms with Crippen LogP contribution in [0.25, 0.3) is 0 Å². The zero-order valence-electron chi connectivity index (χ0n) is 8.39. The van der Waals surface area contributed by atoms with Crippen molar-refractivity contribution in [1.29, 1.82) is 0 Å². The minimum absolute atomic E-state index is 0.0506. The molecule has 1 nitrogen and oxygen atoms in total. The Morgan fingerprint density at radius 2 is 1.75 bits per heavy atom. The molecule has 3 rings (SSSR count). The van der Waals surface area contributed by atoms with Gasteiger partial charge in [-0.3, -0.25) is 0 Å². The molecule has 0 saturated heterocycles. The minimum atomic E-state index is 0.0506. The molecule has 16 heavy (non-hydrogen) atoms. The largest absolute Gasteiger partial charge is 0.473 e. The van der Waals surface area contributed by atoms with Crippen LogP contribution < -0.4 is 4.74 Å². The van der Waals surface area contributed by atoms with E-state index in [0.717, 1.165) is 16.3 Å². The fourth-order valence-electron chi connectivity index (χ4n) is 1.66. The molecule has 80 valence electrons. The van der Waals surface area contributed by atoms with Gasteiger partial charge in [-0.05, 0) is 24.3 Å². The molecule has 0 amide bonds. The molecule has 1 unspecified atom stereocenters. The highest BCUT2D eigenvalue weighted by Crippen LogP contribution is 2.48. The van der Waals surface area contributed by atoms with E-state index in [4.69, 9.17) is 16.3 Å². The van der Waals surface area contributed by atoms with E-state index in [1.807, 2.05) is 42.5 Å². The normalized spacial score (nSPS) is 17.9. The molecule has 0 radical (unpaired) electrons. The maximum absolute atomic E-state index is 5.86. The summed E-state index contributed by atoms with van der Waals surface area (Å²) in [6, 6.07) is 15.9. The maximum atomic E-state index is 5.86. The smallest absolute Gasteiger partial charge is 0.174 e. The van der Waals surface area contributed by atoms with Gasteiger partial charge in [0, 0.05) is 10.6 Å². The summed E-state index contributed by atoms with van der Waals surface area (Å²) in [5.74, 6) is 0.965. The van der Waals surface area contributed by atoms with Crippen LogP contribution in [0.1, 0.15) is 11.0 Å². The highest BCUT2D eigenvalue weighted by Gasteiger charge is 2.24. The lowest BCUT2D eigenvalue weighted by Gasteiger charge is -2.09. The van der Waals surface area contributed by atoms with Crippen LogP contribution in [0.2, 0.25) is 5.02 Å². The summed E-state index contributed by atoms with van der Waals surface area (Å²) in [5.41, 5.74) is 1.19. The Morgan fingerprint density at radius 3 is 2.50 bits per heavy atom. The minimum Gasteiger partial charge on any atom is -0.473 e. The van der Waals surface area contributed by atoms with E-state index < -0.39 is 0 Å². The van der Waals surface area contributed by atoms with E-state index in [-0.39, 0.29) is 5.44 Å². The van der Waals surface area contributed by atoms with Crippen molar-refractivity contribution in [2.24, 2.45) is 0 Å². The van der Waals surface area contributed by atoms with Crippen molar-refractivity contribution in [3.05, 3.63) is 59.1 Å². The molecule has 0 fully saturated rings. The molecule has 1 heterocycles. The fourth-order valence-corrected chi connectivity index (χ4v) is 2.85. The first-order valence-electron chi connectivity index (χ1n) is 5.01. The van der Waals surface area contributed by atoms with E-state index >= 15 is 0 Å². The number of thioether (sulfide) groups is 1. The van der Waals surface area contributed by atoms with E-state index in [1.54, 1.807) is 11.8 Å². The Morgan fingerprint density at radius 1 is 1.00 bits per heavy atom. The van der Waals surface area contributed by atoms with Crippen LogP contribution in [0.15, 0.2) is 53.4 Å². The van der Waals surface area contributed by atoms with Crippen LogP contribution in [-0.4, -0.2) is 0 Å². The Balaban J connectivity index is 1.88. The summed E-state index contributed by atoms with van der Waals surface area (Å²) in [6.45, 7) is 0. The molecule has 2 aromatic carbocycles. The Labute approximate surface area is 103 Å².